The summed E-state index contributed by atoms with van der Waals surface area (Å²) < 4.78 is 14.6. The molecule has 2 aromatic rings. The molecule has 1 aromatic heterocycles. The van der Waals surface area contributed by atoms with Crippen LogP contribution in [0.4, 0.5) is 4.48 Å². The van der Waals surface area contributed by atoms with Gasteiger partial charge in [0.25, 0.3) is 0 Å². The predicted octanol–water partition coefficient (Wildman–Crippen LogP) is 2.04. The van der Waals surface area contributed by atoms with Gasteiger partial charge in [-0.05, 0) is 42.8 Å². The number of nitrogens with one attached hydrogen (secondary N) is 3. The molecule has 3 N–H and O–H groups in total. The molecule has 0 bridgehead atoms. The van der Waals surface area contributed by atoms with Crippen molar-refractivity contribution >= 4 is 5.91 Å². The van der Waals surface area contributed by atoms with E-state index in [-0.39, 0.29) is 23.4 Å². The van der Waals surface area contributed by atoms with Gasteiger partial charge in [0, 0.05) is 36.9 Å². The number of benzene rings is 1. The minimum Gasteiger partial charge on any atom is -0.329 e. The topological polar surface area (TPSA) is 89.2 Å². The number of aromatic amines is 1. The Hall–Kier alpha value is -3.30. The Bertz CT molecular complexity index is 1090. The minimum absolute atomic E-state index is 0.0653. The molecule has 0 saturated carbocycles. The molecule has 8 nitrogen and oxygen atoms in total. The van der Waals surface area contributed by atoms with Crippen LogP contribution in [0.2, 0.25) is 0 Å². The molecule has 9 heteroatoms. The highest BCUT2D eigenvalue weighted by atomic mass is 19.2. The third-order valence-electron chi connectivity index (χ3n) is 6.02. The number of hydrogen-bond acceptors (Lipinski definition) is 6. The molecule has 2 aliphatic heterocycles. The van der Waals surface area contributed by atoms with Crippen LogP contribution in [0.3, 0.4) is 0 Å². The Balaban J connectivity index is 1.62. The molecule has 5 rings (SSSR count). The first-order valence-electron chi connectivity index (χ1n) is 10.2. The zero-order valence-electron chi connectivity index (χ0n) is 17.4. The van der Waals surface area contributed by atoms with Crippen LogP contribution in [0, 0.1) is 0 Å². The van der Waals surface area contributed by atoms with E-state index in [1.807, 2.05) is 14.1 Å². The first-order valence-corrected chi connectivity index (χ1v) is 10.2. The molecule has 1 aliphatic carbocycles. The highest BCUT2D eigenvalue weighted by molar-refractivity contribution is 5.91. The summed E-state index contributed by atoms with van der Waals surface area (Å²) >= 11 is 0. The molecule has 0 fully saturated rings. The number of nitrogens with zero attached hydrogens (tertiary/aromatic N) is 4. The summed E-state index contributed by atoms with van der Waals surface area (Å²) in [4.78, 5) is 18.8. The SMILES string of the molecule is CN(C)Cc1ccc(C2CC3=C4C(=CNC(=O)C=C4N(F)NC3)C2c2ncn[nH]2)cc1. The summed E-state index contributed by atoms with van der Waals surface area (Å²) in [6.07, 6.45) is 5.18. The van der Waals surface area contributed by atoms with E-state index in [9.17, 15) is 9.28 Å². The van der Waals surface area contributed by atoms with E-state index in [2.05, 4.69) is 55.1 Å². The lowest BCUT2D eigenvalue weighted by Crippen LogP contribution is -2.41. The van der Waals surface area contributed by atoms with Crippen molar-refractivity contribution in [2.75, 3.05) is 20.6 Å². The van der Waals surface area contributed by atoms with Gasteiger partial charge >= 0.3 is 0 Å². The monoisotopic (exact) mass is 421 g/mol. The van der Waals surface area contributed by atoms with Crippen LogP contribution in [0.25, 0.3) is 0 Å². The summed E-state index contributed by atoms with van der Waals surface area (Å²) in [6.45, 7) is 1.25. The van der Waals surface area contributed by atoms with Gasteiger partial charge in [0.15, 0.2) is 0 Å². The zero-order valence-corrected chi connectivity index (χ0v) is 17.4. The second kappa shape index (κ2) is 7.75. The number of H-pyrrole nitrogens is 1. The molecule has 3 heterocycles. The number of aromatic nitrogens is 3. The lowest BCUT2D eigenvalue weighted by molar-refractivity contribution is -0.115. The predicted molar refractivity (Wildman–Crippen MR) is 113 cm³/mol. The fourth-order valence-corrected chi connectivity index (χ4v) is 4.75. The molecule has 2 unspecified atom stereocenters. The average molecular weight is 421 g/mol. The van der Waals surface area contributed by atoms with Crippen LogP contribution in [-0.4, -0.2) is 51.9 Å². The smallest absolute Gasteiger partial charge is 0.250 e. The van der Waals surface area contributed by atoms with Crippen molar-refractivity contribution < 1.29 is 9.28 Å². The fraction of sp³-hybridized carbons (Fsp3) is 0.318. The van der Waals surface area contributed by atoms with Crippen molar-refractivity contribution in [2.45, 2.75) is 24.8 Å². The highest BCUT2D eigenvalue weighted by Gasteiger charge is 2.42. The summed E-state index contributed by atoms with van der Waals surface area (Å²) in [5.41, 5.74) is 8.03. The largest absolute Gasteiger partial charge is 0.329 e. The van der Waals surface area contributed by atoms with Crippen LogP contribution in [0.15, 0.2) is 65.3 Å². The minimum atomic E-state index is -0.365. The van der Waals surface area contributed by atoms with E-state index in [1.165, 1.54) is 23.5 Å². The molecule has 160 valence electrons. The number of carbonyl (C=O) groups is 1. The first kappa shape index (κ1) is 19.7. The van der Waals surface area contributed by atoms with Crippen LogP contribution >= 0.6 is 0 Å². The van der Waals surface area contributed by atoms with Crippen LogP contribution in [0.1, 0.15) is 35.2 Å². The van der Waals surface area contributed by atoms with Crippen molar-refractivity contribution in [3.8, 4) is 0 Å². The first-order chi connectivity index (χ1) is 15.0. The second-order valence-electron chi connectivity index (χ2n) is 8.37. The standard InChI is InChI=1S/C22H24FN7O/c1-29(2)11-13-3-5-14(6-4-13)16-7-15-9-27-30(23)18-8-19(31)24-10-17(20(15)18)21(16)22-25-12-26-28-22/h3-6,8,10,12,16,21,27H,7,9,11H2,1-2H3,(H,24,31)(H,25,26,28). The van der Waals surface area contributed by atoms with Crippen molar-refractivity contribution in [2.24, 2.45) is 0 Å². The zero-order chi connectivity index (χ0) is 21.5. The number of hydrogen-bond donors (Lipinski definition) is 3. The molecular formula is C22H24FN7O. The number of hydrazine groups is 1. The van der Waals surface area contributed by atoms with Gasteiger partial charge in [0.05, 0.1) is 5.92 Å². The molecule has 2 atom stereocenters. The van der Waals surface area contributed by atoms with Crippen LogP contribution < -0.4 is 10.7 Å². The summed E-state index contributed by atoms with van der Waals surface area (Å²) in [7, 11) is 4.09. The highest BCUT2D eigenvalue weighted by Crippen LogP contribution is 2.51. The Morgan fingerprint density at radius 1 is 1.26 bits per heavy atom. The van der Waals surface area contributed by atoms with E-state index in [1.54, 1.807) is 6.20 Å². The Morgan fingerprint density at radius 3 is 2.77 bits per heavy atom. The third kappa shape index (κ3) is 3.55. The maximum atomic E-state index is 14.6. The van der Waals surface area contributed by atoms with Gasteiger partial charge in [-0.3, -0.25) is 9.89 Å². The van der Waals surface area contributed by atoms with Gasteiger partial charge in [0.2, 0.25) is 5.91 Å². The van der Waals surface area contributed by atoms with Gasteiger partial charge in [-0.1, -0.05) is 28.7 Å². The molecule has 0 radical (unpaired) electrons. The Labute approximate surface area is 179 Å². The normalized spacial score (nSPS) is 23.2. The number of rotatable bonds is 4. The quantitative estimate of drug-likeness (QED) is 0.655. The number of carbonyl (C=O) groups excluding carboxylic acids is 1. The molecule has 31 heavy (non-hydrogen) atoms. The molecule has 0 saturated heterocycles. The van der Waals surface area contributed by atoms with Crippen molar-refractivity contribution in [1.29, 1.82) is 0 Å². The Morgan fingerprint density at radius 2 is 2.06 bits per heavy atom. The molecule has 1 amide bonds. The lowest BCUT2D eigenvalue weighted by atomic mass is 9.68. The van der Waals surface area contributed by atoms with E-state index in [4.69, 9.17) is 0 Å². The van der Waals surface area contributed by atoms with Crippen LogP contribution in [0.5, 0.6) is 0 Å². The fourth-order valence-electron chi connectivity index (χ4n) is 4.75. The van der Waals surface area contributed by atoms with Crippen molar-refractivity contribution in [3.63, 3.8) is 0 Å². The summed E-state index contributed by atoms with van der Waals surface area (Å²) in [6, 6.07) is 8.60. The number of amides is 1. The average Bonchev–Trinajstić information content (AvgIpc) is 3.21. The maximum Gasteiger partial charge on any atom is 0.250 e. The second-order valence-corrected chi connectivity index (χ2v) is 8.37. The van der Waals surface area contributed by atoms with E-state index in [0.29, 0.717) is 17.6 Å². The Kier molecular flexibility index (Phi) is 4.91. The third-order valence-corrected chi connectivity index (χ3v) is 6.02. The van der Waals surface area contributed by atoms with E-state index < -0.39 is 0 Å². The number of allylic oxidation sites excluding steroid dienone is 1. The van der Waals surface area contributed by atoms with E-state index in [0.717, 1.165) is 29.7 Å². The number of halogens is 1. The lowest BCUT2D eigenvalue weighted by Gasteiger charge is -2.40. The van der Waals surface area contributed by atoms with E-state index >= 15 is 0 Å². The summed E-state index contributed by atoms with van der Waals surface area (Å²) in [5, 5.41) is 10.3. The van der Waals surface area contributed by atoms with Gasteiger partial charge in [-0.25, -0.2) is 10.4 Å². The van der Waals surface area contributed by atoms with Gasteiger partial charge in [-0.15, -0.1) is 5.23 Å². The van der Waals surface area contributed by atoms with Crippen molar-refractivity contribution in [3.05, 3.63) is 82.2 Å². The van der Waals surface area contributed by atoms with Gasteiger partial charge in [-0.2, -0.15) is 5.10 Å². The molecule has 3 aliphatic rings. The summed E-state index contributed by atoms with van der Waals surface area (Å²) in [5.74, 6) is 0.195. The molecule has 0 spiro atoms. The van der Waals surface area contributed by atoms with Gasteiger partial charge in [0.1, 0.15) is 17.8 Å². The molecular weight excluding hydrogens is 397 g/mol. The van der Waals surface area contributed by atoms with Crippen LogP contribution in [-0.2, 0) is 11.3 Å². The van der Waals surface area contributed by atoms with Crippen molar-refractivity contribution in [1.82, 2.24) is 36.1 Å². The van der Waals surface area contributed by atoms with Gasteiger partial charge < -0.3 is 10.2 Å². The maximum absolute atomic E-state index is 14.6. The molecule has 1 aromatic carbocycles.